The minimum atomic E-state index is -0.214. The van der Waals surface area contributed by atoms with Gasteiger partial charge < -0.3 is 5.32 Å². The highest BCUT2D eigenvalue weighted by Gasteiger charge is 2.17. The zero-order valence-electron chi connectivity index (χ0n) is 10.6. The first kappa shape index (κ1) is 12.2. The molecule has 0 saturated carbocycles. The molecule has 2 heterocycles. The van der Waals surface area contributed by atoms with Gasteiger partial charge in [-0.2, -0.15) is 0 Å². The maximum absolute atomic E-state index is 12.9. The van der Waals surface area contributed by atoms with Crippen LogP contribution in [-0.4, -0.2) is 16.5 Å². The molecule has 3 nitrogen and oxygen atoms in total. The Morgan fingerprint density at radius 3 is 2.79 bits per heavy atom. The Bertz CT molecular complexity index is 548. The van der Waals surface area contributed by atoms with Gasteiger partial charge in [0, 0.05) is 18.7 Å². The minimum absolute atomic E-state index is 0.214. The van der Waals surface area contributed by atoms with Crippen LogP contribution in [-0.2, 0) is 6.42 Å². The van der Waals surface area contributed by atoms with Crippen LogP contribution in [0.15, 0.2) is 36.5 Å². The molecular formula is C15H16FN3. The second-order valence-electron chi connectivity index (χ2n) is 4.85. The zero-order chi connectivity index (χ0) is 13.1. The Labute approximate surface area is 111 Å². The van der Waals surface area contributed by atoms with E-state index < -0.39 is 0 Å². The molecule has 1 atom stereocenters. The average molecular weight is 257 g/mol. The quantitative estimate of drug-likeness (QED) is 0.918. The van der Waals surface area contributed by atoms with Crippen molar-refractivity contribution in [2.45, 2.75) is 25.3 Å². The number of aromatic nitrogens is 2. The molecule has 4 heteroatoms. The molecule has 1 unspecified atom stereocenters. The maximum Gasteiger partial charge on any atom is 0.132 e. The summed E-state index contributed by atoms with van der Waals surface area (Å²) in [6.07, 6.45) is 4.77. The third-order valence-corrected chi connectivity index (χ3v) is 3.42. The smallest absolute Gasteiger partial charge is 0.132 e. The van der Waals surface area contributed by atoms with E-state index in [-0.39, 0.29) is 5.82 Å². The molecule has 0 amide bonds. The van der Waals surface area contributed by atoms with Crippen LogP contribution in [0.25, 0.3) is 0 Å². The van der Waals surface area contributed by atoms with E-state index in [4.69, 9.17) is 0 Å². The summed E-state index contributed by atoms with van der Waals surface area (Å²) < 4.78 is 12.9. The molecule has 1 fully saturated rings. The SMILES string of the molecule is Fc1ccc(Cc2nccc(C3CCCN3)n2)cc1. The van der Waals surface area contributed by atoms with Gasteiger partial charge in [0.25, 0.3) is 0 Å². The molecule has 3 rings (SSSR count). The summed E-state index contributed by atoms with van der Waals surface area (Å²) in [7, 11) is 0. The van der Waals surface area contributed by atoms with Gasteiger partial charge in [0.05, 0.1) is 5.69 Å². The summed E-state index contributed by atoms with van der Waals surface area (Å²) in [6.45, 7) is 1.06. The van der Waals surface area contributed by atoms with E-state index in [1.807, 2.05) is 6.07 Å². The Kier molecular flexibility index (Phi) is 3.51. The topological polar surface area (TPSA) is 37.8 Å². The van der Waals surface area contributed by atoms with Crippen molar-refractivity contribution < 1.29 is 4.39 Å². The summed E-state index contributed by atoms with van der Waals surface area (Å²) in [6, 6.07) is 8.82. The van der Waals surface area contributed by atoms with Crippen molar-refractivity contribution in [3.05, 3.63) is 59.4 Å². The fourth-order valence-corrected chi connectivity index (χ4v) is 2.42. The molecular weight excluding hydrogens is 241 g/mol. The summed E-state index contributed by atoms with van der Waals surface area (Å²) >= 11 is 0. The van der Waals surface area contributed by atoms with Crippen LogP contribution in [0.2, 0.25) is 0 Å². The Morgan fingerprint density at radius 2 is 2.05 bits per heavy atom. The van der Waals surface area contributed by atoms with Crippen LogP contribution in [0.3, 0.4) is 0 Å². The summed E-state index contributed by atoms with van der Waals surface area (Å²) in [5, 5.41) is 3.43. The van der Waals surface area contributed by atoms with E-state index in [0.29, 0.717) is 12.5 Å². The standard InChI is InChI=1S/C15H16FN3/c16-12-5-3-11(4-6-12)10-15-18-9-7-14(19-15)13-2-1-8-17-13/h3-7,9,13,17H,1-2,8,10H2. The van der Waals surface area contributed by atoms with Crippen LogP contribution in [0, 0.1) is 5.82 Å². The second-order valence-corrected chi connectivity index (χ2v) is 4.85. The van der Waals surface area contributed by atoms with E-state index >= 15 is 0 Å². The highest BCUT2D eigenvalue weighted by Crippen LogP contribution is 2.21. The van der Waals surface area contributed by atoms with Crippen molar-refractivity contribution in [3.63, 3.8) is 0 Å². The van der Waals surface area contributed by atoms with E-state index in [1.54, 1.807) is 18.3 Å². The van der Waals surface area contributed by atoms with Crippen molar-refractivity contribution in [3.8, 4) is 0 Å². The zero-order valence-corrected chi connectivity index (χ0v) is 10.6. The van der Waals surface area contributed by atoms with Gasteiger partial charge in [-0.25, -0.2) is 14.4 Å². The third kappa shape index (κ3) is 2.96. The Morgan fingerprint density at radius 1 is 1.21 bits per heavy atom. The second kappa shape index (κ2) is 5.45. The van der Waals surface area contributed by atoms with Crippen LogP contribution in [0.1, 0.15) is 36.0 Å². The third-order valence-electron chi connectivity index (χ3n) is 3.42. The number of hydrogen-bond donors (Lipinski definition) is 1. The van der Waals surface area contributed by atoms with E-state index in [2.05, 4.69) is 15.3 Å². The molecule has 1 aromatic carbocycles. The van der Waals surface area contributed by atoms with Gasteiger partial charge in [0.1, 0.15) is 11.6 Å². The largest absolute Gasteiger partial charge is 0.309 e. The van der Waals surface area contributed by atoms with Crippen molar-refractivity contribution >= 4 is 0 Å². The lowest BCUT2D eigenvalue weighted by atomic mass is 10.1. The predicted octanol–water partition coefficient (Wildman–Crippen LogP) is 2.63. The van der Waals surface area contributed by atoms with Gasteiger partial charge in [-0.05, 0) is 43.1 Å². The van der Waals surface area contributed by atoms with Crippen LogP contribution in [0.5, 0.6) is 0 Å². The Hall–Kier alpha value is -1.81. The molecule has 19 heavy (non-hydrogen) atoms. The molecule has 0 spiro atoms. The van der Waals surface area contributed by atoms with Gasteiger partial charge in [-0.15, -0.1) is 0 Å². The van der Waals surface area contributed by atoms with Crippen LogP contribution >= 0.6 is 0 Å². The molecule has 1 aliphatic heterocycles. The van der Waals surface area contributed by atoms with Crippen molar-refractivity contribution in [1.29, 1.82) is 0 Å². The first-order valence-corrected chi connectivity index (χ1v) is 6.61. The predicted molar refractivity (Wildman–Crippen MR) is 71.2 cm³/mol. The molecule has 0 aliphatic carbocycles. The fraction of sp³-hybridized carbons (Fsp3) is 0.333. The van der Waals surface area contributed by atoms with Crippen LogP contribution in [0.4, 0.5) is 4.39 Å². The van der Waals surface area contributed by atoms with Crippen LogP contribution < -0.4 is 5.32 Å². The number of rotatable bonds is 3. The van der Waals surface area contributed by atoms with Crippen molar-refractivity contribution in [1.82, 2.24) is 15.3 Å². The molecule has 1 aliphatic rings. The summed E-state index contributed by atoms with van der Waals surface area (Å²) in [4.78, 5) is 8.90. The molecule has 0 radical (unpaired) electrons. The van der Waals surface area contributed by atoms with Gasteiger partial charge in [-0.3, -0.25) is 0 Å². The summed E-state index contributed by atoms with van der Waals surface area (Å²) in [5.41, 5.74) is 2.09. The molecule has 98 valence electrons. The number of nitrogens with one attached hydrogen (secondary N) is 1. The molecule has 1 N–H and O–H groups in total. The lowest BCUT2D eigenvalue weighted by Gasteiger charge is -2.10. The van der Waals surface area contributed by atoms with E-state index in [1.165, 1.54) is 18.6 Å². The van der Waals surface area contributed by atoms with Gasteiger partial charge in [0.2, 0.25) is 0 Å². The molecule has 1 aromatic heterocycles. The van der Waals surface area contributed by atoms with Gasteiger partial charge >= 0.3 is 0 Å². The number of halogens is 1. The minimum Gasteiger partial charge on any atom is -0.309 e. The highest BCUT2D eigenvalue weighted by molar-refractivity contribution is 5.20. The Balaban J connectivity index is 1.77. The normalized spacial score (nSPS) is 18.7. The fourth-order valence-electron chi connectivity index (χ4n) is 2.42. The summed E-state index contributed by atoms with van der Waals surface area (Å²) in [5.74, 6) is 0.575. The van der Waals surface area contributed by atoms with Gasteiger partial charge in [0.15, 0.2) is 0 Å². The van der Waals surface area contributed by atoms with Crippen molar-refractivity contribution in [2.75, 3.05) is 6.54 Å². The number of hydrogen-bond acceptors (Lipinski definition) is 3. The highest BCUT2D eigenvalue weighted by atomic mass is 19.1. The molecule has 2 aromatic rings. The molecule has 1 saturated heterocycles. The monoisotopic (exact) mass is 257 g/mol. The number of nitrogens with zero attached hydrogens (tertiary/aromatic N) is 2. The maximum atomic E-state index is 12.9. The van der Waals surface area contributed by atoms with Crippen molar-refractivity contribution in [2.24, 2.45) is 0 Å². The first-order chi connectivity index (χ1) is 9.31. The lowest BCUT2D eigenvalue weighted by Crippen LogP contribution is -2.15. The first-order valence-electron chi connectivity index (χ1n) is 6.61. The van der Waals surface area contributed by atoms with E-state index in [9.17, 15) is 4.39 Å². The van der Waals surface area contributed by atoms with Gasteiger partial charge in [-0.1, -0.05) is 12.1 Å². The molecule has 0 bridgehead atoms. The van der Waals surface area contributed by atoms with E-state index in [0.717, 1.165) is 30.0 Å². The number of benzene rings is 1. The average Bonchev–Trinajstić information content (AvgIpc) is 2.96. The lowest BCUT2D eigenvalue weighted by molar-refractivity contribution is 0.620.